The summed E-state index contributed by atoms with van der Waals surface area (Å²) in [5.74, 6) is 0. The maximum Gasteiger partial charge on any atom is 0.117 e. The Bertz CT molecular complexity index is 753. The molecule has 0 unspecified atom stereocenters. The molecular formula is C13H11BrN4S. The zero-order valence-electron chi connectivity index (χ0n) is 10.5. The molecule has 0 atom stereocenters. The van der Waals surface area contributed by atoms with Crippen molar-refractivity contribution in [3.05, 3.63) is 38.3 Å². The van der Waals surface area contributed by atoms with Crippen molar-refractivity contribution in [2.45, 2.75) is 6.92 Å². The van der Waals surface area contributed by atoms with Crippen LogP contribution < -0.4 is 0 Å². The molecule has 0 fully saturated rings. The van der Waals surface area contributed by atoms with Crippen molar-refractivity contribution in [3.63, 3.8) is 0 Å². The number of rotatable bonds is 2. The van der Waals surface area contributed by atoms with E-state index in [1.165, 1.54) is 0 Å². The second-order valence-electron chi connectivity index (χ2n) is 4.21. The van der Waals surface area contributed by atoms with Gasteiger partial charge >= 0.3 is 0 Å². The quantitative estimate of drug-likeness (QED) is 0.718. The average molecular weight is 335 g/mol. The summed E-state index contributed by atoms with van der Waals surface area (Å²) in [7, 11) is 1.89. The maximum atomic E-state index is 4.44. The third-order valence-corrected chi connectivity index (χ3v) is 4.78. The fourth-order valence-electron chi connectivity index (χ4n) is 1.80. The van der Waals surface area contributed by atoms with Gasteiger partial charge < -0.3 is 0 Å². The third-order valence-electron chi connectivity index (χ3n) is 2.81. The van der Waals surface area contributed by atoms with E-state index >= 15 is 0 Å². The summed E-state index contributed by atoms with van der Waals surface area (Å²) in [6, 6.07) is 6.10. The van der Waals surface area contributed by atoms with Crippen LogP contribution >= 0.6 is 27.3 Å². The fraction of sp³-hybridized carbons (Fsp3) is 0.154. The van der Waals surface area contributed by atoms with E-state index in [-0.39, 0.29) is 0 Å². The van der Waals surface area contributed by atoms with Gasteiger partial charge in [-0.05, 0) is 46.6 Å². The molecule has 0 bridgehead atoms. The molecular weight excluding hydrogens is 324 g/mol. The highest BCUT2D eigenvalue weighted by Gasteiger charge is 2.03. The molecule has 0 N–H and O–H groups in total. The lowest BCUT2D eigenvalue weighted by atomic mass is 10.2. The summed E-state index contributed by atoms with van der Waals surface area (Å²) in [6.45, 7) is 1.99. The lowest BCUT2D eigenvalue weighted by molar-refractivity contribution is 0.736. The van der Waals surface area contributed by atoms with Crippen LogP contribution in [0.1, 0.15) is 16.3 Å². The summed E-state index contributed by atoms with van der Waals surface area (Å²) < 4.78 is 2.85. The van der Waals surface area contributed by atoms with E-state index < -0.39 is 0 Å². The number of nitrogens with zero attached hydrogens (tertiary/aromatic N) is 4. The Labute approximate surface area is 122 Å². The van der Waals surface area contributed by atoms with Crippen molar-refractivity contribution in [1.29, 1.82) is 0 Å². The zero-order valence-corrected chi connectivity index (χ0v) is 12.9. The summed E-state index contributed by atoms with van der Waals surface area (Å²) in [6.07, 6.45) is 4.05. The first-order valence-corrected chi connectivity index (χ1v) is 7.35. The number of hydrogen-bond acceptors (Lipinski definition) is 4. The van der Waals surface area contributed by atoms with E-state index in [0.29, 0.717) is 0 Å². The molecule has 0 saturated carbocycles. The summed E-state index contributed by atoms with van der Waals surface area (Å²) in [4.78, 5) is 4.44. The lowest BCUT2D eigenvalue weighted by Gasteiger charge is -1.94. The van der Waals surface area contributed by atoms with E-state index in [9.17, 15) is 0 Å². The molecule has 2 heterocycles. The van der Waals surface area contributed by atoms with Crippen molar-refractivity contribution >= 4 is 50.5 Å². The van der Waals surface area contributed by atoms with Gasteiger partial charge in [0.15, 0.2) is 0 Å². The number of aromatic nitrogens is 4. The van der Waals surface area contributed by atoms with Crippen molar-refractivity contribution in [1.82, 2.24) is 20.0 Å². The predicted molar refractivity (Wildman–Crippen MR) is 82.0 cm³/mol. The van der Waals surface area contributed by atoms with Gasteiger partial charge in [0.1, 0.15) is 10.5 Å². The van der Waals surface area contributed by atoms with Gasteiger partial charge in [-0.15, -0.1) is 16.4 Å². The maximum absolute atomic E-state index is 4.44. The SMILES string of the molecule is Cc1nc(/C=C/c2ccc3c(c2)nnn3C)sc1Br. The van der Waals surface area contributed by atoms with Gasteiger partial charge in [0.05, 0.1) is 15.0 Å². The number of halogens is 1. The Morgan fingerprint density at radius 3 is 2.89 bits per heavy atom. The smallest absolute Gasteiger partial charge is 0.117 e. The molecule has 0 aliphatic carbocycles. The number of hydrogen-bond donors (Lipinski definition) is 0. The molecule has 0 aliphatic heterocycles. The van der Waals surface area contributed by atoms with E-state index in [2.05, 4.69) is 37.3 Å². The number of benzene rings is 1. The normalized spacial score (nSPS) is 11.7. The van der Waals surface area contributed by atoms with Crippen LogP contribution in [0.4, 0.5) is 0 Å². The Balaban J connectivity index is 1.92. The van der Waals surface area contributed by atoms with Crippen LogP contribution in [0.25, 0.3) is 23.2 Å². The fourth-order valence-corrected chi connectivity index (χ4v) is 3.08. The second kappa shape index (κ2) is 4.86. The van der Waals surface area contributed by atoms with Gasteiger partial charge in [0.2, 0.25) is 0 Å². The number of aryl methyl sites for hydroxylation is 2. The van der Waals surface area contributed by atoms with Crippen LogP contribution in [0.15, 0.2) is 22.0 Å². The average Bonchev–Trinajstić information content (AvgIpc) is 2.91. The first-order chi connectivity index (χ1) is 9.13. The van der Waals surface area contributed by atoms with Gasteiger partial charge in [-0.25, -0.2) is 9.67 Å². The van der Waals surface area contributed by atoms with Gasteiger partial charge in [0.25, 0.3) is 0 Å². The monoisotopic (exact) mass is 334 g/mol. The van der Waals surface area contributed by atoms with Crippen molar-refractivity contribution in [2.75, 3.05) is 0 Å². The van der Waals surface area contributed by atoms with E-state index in [4.69, 9.17) is 0 Å². The van der Waals surface area contributed by atoms with E-state index in [1.807, 2.05) is 38.3 Å². The lowest BCUT2D eigenvalue weighted by Crippen LogP contribution is -1.88. The van der Waals surface area contributed by atoms with Crippen LogP contribution in [0.5, 0.6) is 0 Å². The third kappa shape index (κ3) is 2.46. The molecule has 6 heteroatoms. The summed E-state index contributed by atoms with van der Waals surface area (Å²) in [5.41, 5.74) is 4.05. The molecule has 1 aromatic carbocycles. The van der Waals surface area contributed by atoms with Crippen LogP contribution in [0, 0.1) is 6.92 Å². The predicted octanol–water partition coefficient (Wildman–Crippen LogP) is 3.67. The van der Waals surface area contributed by atoms with Crippen molar-refractivity contribution in [3.8, 4) is 0 Å². The number of thiazole rings is 1. The molecule has 2 aromatic heterocycles. The van der Waals surface area contributed by atoms with E-state index in [0.717, 1.165) is 31.1 Å². The van der Waals surface area contributed by atoms with Crippen molar-refractivity contribution in [2.24, 2.45) is 7.05 Å². The largest absolute Gasteiger partial charge is 0.248 e. The Morgan fingerprint density at radius 1 is 1.32 bits per heavy atom. The highest BCUT2D eigenvalue weighted by molar-refractivity contribution is 9.11. The number of fused-ring (bicyclic) bond motifs is 1. The van der Waals surface area contributed by atoms with Crippen LogP contribution in [0.2, 0.25) is 0 Å². The highest BCUT2D eigenvalue weighted by atomic mass is 79.9. The molecule has 3 rings (SSSR count). The minimum atomic E-state index is 0.904. The molecule has 0 saturated heterocycles. The van der Waals surface area contributed by atoms with Gasteiger partial charge in [-0.2, -0.15) is 0 Å². The molecule has 0 aliphatic rings. The standard InChI is InChI=1S/C13H11BrN4S/c1-8-13(14)19-12(15-8)6-4-9-3-5-11-10(7-9)16-17-18(11)2/h3-7H,1-2H3/b6-4+. The van der Waals surface area contributed by atoms with Crippen molar-refractivity contribution < 1.29 is 0 Å². The first-order valence-electron chi connectivity index (χ1n) is 5.74. The van der Waals surface area contributed by atoms with Crippen LogP contribution in [-0.2, 0) is 7.05 Å². The first kappa shape index (κ1) is 12.5. The molecule has 4 nitrogen and oxygen atoms in total. The Morgan fingerprint density at radius 2 is 2.16 bits per heavy atom. The topological polar surface area (TPSA) is 43.6 Å². The minimum Gasteiger partial charge on any atom is -0.248 e. The summed E-state index contributed by atoms with van der Waals surface area (Å²) in [5, 5.41) is 9.10. The van der Waals surface area contributed by atoms with Gasteiger partial charge in [0, 0.05) is 7.05 Å². The van der Waals surface area contributed by atoms with E-state index in [1.54, 1.807) is 16.0 Å². The molecule has 19 heavy (non-hydrogen) atoms. The van der Waals surface area contributed by atoms with Gasteiger partial charge in [-0.1, -0.05) is 17.4 Å². The van der Waals surface area contributed by atoms with Gasteiger partial charge in [-0.3, -0.25) is 0 Å². The minimum absolute atomic E-state index is 0.904. The second-order valence-corrected chi connectivity index (χ2v) is 6.55. The molecule has 3 aromatic rings. The van der Waals surface area contributed by atoms with Crippen LogP contribution in [-0.4, -0.2) is 20.0 Å². The Hall–Kier alpha value is -1.53. The molecule has 0 radical (unpaired) electrons. The van der Waals surface area contributed by atoms with Crippen LogP contribution in [0.3, 0.4) is 0 Å². The molecule has 0 spiro atoms. The molecule has 96 valence electrons. The summed E-state index contributed by atoms with van der Waals surface area (Å²) >= 11 is 5.11. The zero-order chi connectivity index (χ0) is 13.4. The Kier molecular flexibility index (Phi) is 3.20. The molecule has 0 amide bonds. The highest BCUT2D eigenvalue weighted by Crippen LogP contribution is 2.25.